The third-order valence-corrected chi connectivity index (χ3v) is 5.32. The summed E-state index contributed by atoms with van der Waals surface area (Å²) in [6.07, 6.45) is 6.49. The van der Waals surface area contributed by atoms with Gasteiger partial charge in [0.1, 0.15) is 5.75 Å². The summed E-state index contributed by atoms with van der Waals surface area (Å²) in [5.74, 6) is -0.505. The van der Waals surface area contributed by atoms with Crippen molar-refractivity contribution < 1.29 is 14.7 Å². The highest BCUT2D eigenvalue weighted by atomic mass is 35.5. The number of hydrogen-bond donors (Lipinski definition) is 3. The van der Waals surface area contributed by atoms with E-state index in [-0.39, 0.29) is 28.2 Å². The van der Waals surface area contributed by atoms with E-state index in [0.717, 1.165) is 25.7 Å². The van der Waals surface area contributed by atoms with Gasteiger partial charge in [-0.1, -0.05) is 42.5 Å². The van der Waals surface area contributed by atoms with E-state index in [9.17, 15) is 14.7 Å². The van der Waals surface area contributed by atoms with Crippen molar-refractivity contribution in [1.82, 2.24) is 5.43 Å². The van der Waals surface area contributed by atoms with Crippen LogP contribution in [0.4, 0.5) is 5.69 Å². The highest BCUT2D eigenvalue weighted by Gasteiger charge is 2.21. The molecule has 0 spiro atoms. The molecule has 0 aliphatic heterocycles. The predicted molar refractivity (Wildman–Crippen MR) is 115 cm³/mol. The van der Waals surface area contributed by atoms with Crippen molar-refractivity contribution in [3.05, 3.63) is 57.6 Å². The van der Waals surface area contributed by atoms with E-state index in [0.29, 0.717) is 16.3 Å². The van der Waals surface area contributed by atoms with Gasteiger partial charge in [-0.05, 0) is 49.2 Å². The van der Waals surface area contributed by atoms with Crippen LogP contribution < -0.4 is 10.7 Å². The van der Waals surface area contributed by atoms with Crippen molar-refractivity contribution in [3.8, 4) is 5.75 Å². The minimum absolute atomic E-state index is 0.0338. The van der Waals surface area contributed by atoms with Crippen molar-refractivity contribution in [2.45, 2.75) is 32.1 Å². The number of carbonyl (C=O) groups excluding carboxylic acids is 2. The molecule has 3 N–H and O–H groups in total. The van der Waals surface area contributed by atoms with Gasteiger partial charge in [0, 0.05) is 27.8 Å². The Morgan fingerprint density at radius 3 is 2.45 bits per heavy atom. The molecule has 0 heterocycles. The first-order chi connectivity index (χ1) is 13.9. The molecule has 1 aliphatic carbocycles. The van der Waals surface area contributed by atoms with Gasteiger partial charge >= 0.3 is 0 Å². The fourth-order valence-electron chi connectivity index (χ4n) is 3.22. The molecule has 2 aromatic carbocycles. The number of carbonyl (C=O) groups is 2. The van der Waals surface area contributed by atoms with Gasteiger partial charge in [-0.3, -0.25) is 9.59 Å². The van der Waals surface area contributed by atoms with E-state index in [1.165, 1.54) is 24.8 Å². The Morgan fingerprint density at radius 1 is 1.07 bits per heavy atom. The second-order valence-corrected chi connectivity index (χ2v) is 7.77. The zero-order valence-corrected chi connectivity index (χ0v) is 17.1. The molecular weight excluding hydrogens is 413 g/mol. The summed E-state index contributed by atoms with van der Waals surface area (Å²) < 4.78 is 0. The number of halogens is 2. The quantitative estimate of drug-likeness (QED) is 0.458. The normalized spacial score (nSPS) is 14.7. The maximum atomic E-state index is 12.3. The molecule has 29 heavy (non-hydrogen) atoms. The first kappa shape index (κ1) is 21.1. The summed E-state index contributed by atoms with van der Waals surface area (Å²) in [5.41, 5.74) is 3.69. The van der Waals surface area contributed by atoms with Gasteiger partial charge in [-0.25, -0.2) is 5.43 Å². The van der Waals surface area contributed by atoms with Crippen LogP contribution in [0.3, 0.4) is 0 Å². The van der Waals surface area contributed by atoms with Crippen LogP contribution in [0.15, 0.2) is 41.5 Å². The first-order valence-corrected chi connectivity index (χ1v) is 10.1. The highest BCUT2D eigenvalue weighted by molar-refractivity contribution is 6.36. The highest BCUT2D eigenvalue weighted by Crippen LogP contribution is 2.30. The van der Waals surface area contributed by atoms with E-state index in [1.807, 2.05) is 0 Å². The van der Waals surface area contributed by atoms with Crippen LogP contribution in [-0.4, -0.2) is 23.1 Å². The van der Waals surface area contributed by atoms with Crippen molar-refractivity contribution >= 4 is 46.9 Å². The maximum Gasteiger partial charge on any atom is 0.271 e. The number of benzene rings is 2. The third kappa shape index (κ3) is 5.71. The Labute approximate surface area is 178 Å². The average Bonchev–Trinajstić information content (AvgIpc) is 2.72. The van der Waals surface area contributed by atoms with Gasteiger partial charge in [0.15, 0.2) is 0 Å². The number of anilines is 1. The number of phenolic OH excluding ortho intramolecular Hbond substituents is 1. The molecule has 0 aromatic heterocycles. The number of phenols is 1. The molecule has 1 fully saturated rings. The van der Waals surface area contributed by atoms with Crippen molar-refractivity contribution in [3.63, 3.8) is 0 Å². The Kier molecular flexibility index (Phi) is 7.12. The van der Waals surface area contributed by atoms with Crippen LogP contribution in [0.1, 0.15) is 48.0 Å². The molecular formula is C21H21Cl2N3O3. The van der Waals surface area contributed by atoms with Crippen molar-refractivity contribution in [1.29, 1.82) is 0 Å². The van der Waals surface area contributed by atoms with Crippen molar-refractivity contribution in [2.75, 3.05) is 5.32 Å². The van der Waals surface area contributed by atoms with Gasteiger partial charge in [0.05, 0.1) is 11.2 Å². The Balaban J connectivity index is 1.57. The van der Waals surface area contributed by atoms with Gasteiger partial charge in [0.2, 0.25) is 5.91 Å². The average molecular weight is 434 g/mol. The summed E-state index contributed by atoms with van der Waals surface area (Å²) in [6.45, 7) is 0. The molecule has 2 amide bonds. The van der Waals surface area contributed by atoms with Gasteiger partial charge in [-0.15, -0.1) is 0 Å². The molecule has 3 rings (SSSR count). The molecule has 1 saturated carbocycles. The van der Waals surface area contributed by atoms with Crippen LogP contribution in [-0.2, 0) is 4.79 Å². The predicted octanol–water partition coefficient (Wildman–Crippen LogP) is 4.98. The monoisotopic (exact) mass is 433 g/mol. The lowest BCUT2D eigenvalue weighted by atomic mass is 9.88. The van der Waals surface area contributed by atoms with Crippen LogP contribution in [0.5, 0.6) is 5.75 Å². The Morgan fingerprint density at radius 2 is 1.76 bits per heavy atom. The Bertz CT molecular complexity index is 924. The zero-order valence-electron chi connectivity index (χ0n) is 15.6. The van der Waals surface area contributed by atoms with Gasteiger partial charge in [0.25, 0.3) is 5.91 Å². The Hall–Kier alpha value is -2.57. The first-order valence-electron chi connectivity index (χ1n) is 9.36. The van der Waals surface area contributed by atoms with E-state index in [4.69, 9.17) is 23.2 Å². The lowest BCUT2D eigenvalue weighted by molar-refractivity contribution is -0.120. The maximum absolute atomic E-state index is 12.3. The molecule has 8 heteroatoms. The van der Waals surface area contributed by atoms with E-state index in [1.54, 1.807) is 24.3 Å². The van der Waals surface area contributed by atoms with Crippen LogP contribution in [0.2, 0.25) is 10.0 Å². The largest absolute Gasteiger partial charge is 0.506 e. The van der Waals surface area contributed by atoms with Crippen LogP contribution in [0, 0.1) is 5.92 Å². The summed E-state index contributed by atoms with van der Waals surface area (Å²) >= 11 is 11.7. The molecule has 152 valence electrons. The zero-order chi connectivity index (χ0) is 20.8. The van der Waals surface area contributed by atoms with Crippen molar-refractivity contribution in [2.24, 2.45) is 11.0 Å². The number of nitrogens with zero attached hydrogens (tertiary/aromatic N) is 1. The minimum atomic E-state index is -0.431. The molecule has 6 nitrogen and oxygen atoms in total. The minimum Gasteiger partial charge on any atom is -0.506 e. The molecule has 0 unspecified atom stereocenters. The second-order valence-electron chi connectivity index (χ2n) is 6.93. The van der Waals surface area contributed by atoms with Crippen LogP contribution >= 0.6 is 23.2 Å². The van der Waals surface area contributed by atoms with Gasteiger partial charge < -0.3 is 10.4 Å². The van der Waals surface area contributed by atoms with E-state index in [2.05, 4.69) is 15.8 Å². The molecule has 0 atom stereocenters. The standard InChI is InChI=1S/C21H21Cl2N3O3/c22-16-10-15(19(27)18(23)11-16)12-24-26-21(29)14-6-8-17(9-7-14)25-20(28)13-4-2-1-3-5-13/h6-13,27H,1-5H2,(H,25,28)(H,26,29). The second kappa shape index (κ2) is 9.76. The molecule has 0 saturated heterocycles. The summed E-state index contributed by atoms with van der Waals surface area (Å²) in [6, 6.07) is 9.46. The molecule has 0 bridgehead atoms. The molecule has 2 aromatic rings. The summed E-state index contributed by atoms with van der Waals surface area (Å²) in [5, 5.41) is 17.0. The summed E-state index contributed by atoms with van der Waals surface area (Å²) in [4.78, 5) is 24.5. The lowest BCUT2D eigenvalue weighted by Gasteiger charge is -2.20. The third-order valence-electron chi connectivity index (χ3n) is 4.82. The summed E-state index contributed by atoms with van der Waals surface area (Å²) in [7, 11) is 0. The number of rotatable bonds is 5. The lowest BCUT2D eigenvalue weighted by Crippen LogP contribution is -2.24. The van der Waals surface area contributed by atoms with E-state index < -0.39 is 5.91 Å². The topological polar surface area (TPSA) is 90.8 Å². The number of hydrazone groups is 1. The number of hydrogen-bond acceptors (Lipinski definition) is 4. The van der Waals surface area contributed by atoms with Crippen LogP contribution in [0.25, 0.3) is 0 Å². The van der Waals surface area contributed by atoms with Gasteiger partial charge in [-0.2, -0.15) is 5.10 Å². The van der Waals surface area contributed by atoms with E-state index >= 15 is 0 Å². The molecule has 0 radical (unpaired) electrons. The number of nitrogens with one attached hydrogen (secondary N) is 2. The number of aromatic hydroxyl groups is 1. The molecule has 1 aliphatic rings. The number of amides is 2. The fourth-order valence-corrected chi connectivity index (χ4v) is 3.73. The smallest absolute Gasteiger partial charge is 0.271 e. The SMILES string of the molecule is O=C(NN=Cc1cc(Cl)cc(Cl)c1O)c1ccc(NC(=O)C2CCCCC2)cc1. The fraction of sp³-hybridized carbons (Fsp3) is 0.286.